The molecule has 9 heteroatoms. The Balaban J connectivity index is 1.52. The van der Waals surface area contributed by atoms with E-state index in [0.717, 1.165) is 59.1 Å². The van der Waals surface area contributed by atoms with E-state index < -0.39 is 13.0 Å². The van der Waals surface area contributed by atoms with Gasteiger partial charge in [-0.25, -0.2) is 9.97 Å². The van der Waals surface area contributed by atoms with Gasteiger partial charge >= 0.3 is 7.12 Å². The first-order valence-electron chi connectivity index (χ1n) is 11.6. The first kappa shape index (κ1) is 22.4. The van der Waals surface area contributed by atoms with Crippen LogP contribution in [0.25, 0.3) is 0 Å². The van der Waals surface area contributed by atoms with Crippen molar-refractivity contribution in [1.29, 1.82) is 0 Å². The van der Waals surface area contributed by atoms with Crippen LogP contribution in [0.3, 0.4) is 0 Å². The summed E-state index contributed by atoms with van der Waals surface area (Å²) in [7, 11) is 0.535. The van der Waals surface area contributed by atoms with Gasteiger partial charge in [-0.2, -0.15) is 0 Å². The molecule has 1 aromatic heterocycles. The predicted molar refractivity (Wildman–Crippen MR) is 132 cm³/mol. The molecule has 5 rings (SSSR count). The Hall–Kier alpha value is -3.43. The van der Waals surface area contributed by atoms with Gasteiger partial charge in [0.2, 0.25) is 5.91 Å². The van der Waals surface area contributed by atoms with E-state index in [-0.39, 0.29) is 11.8 Å². The van der Waals surface area contributed by atoms with E-state index in [1.54, 1.807) is 18.2 Å². The molecule has 5 N–H and O–H groups in total. The normalized spacial score (nSPS) is 18.5. The molecule has 2 heterocycles. The lowest BCUT2D eigenvalue weighted by Gasteiger charge is -2.20. The van der Waals surface area contributed by atoms with Gasteiger partial charge in [0.15, 0.2) is 0 Å². The van der Waals surface area contributed by atoms with Gasteiger partial charge in [0.05, 0.1) is 0 Å². The molecule has 2 aromatic carbocycles. The Kier molecular flexibility index (Phi) is 5.75. The van der Waals surface area contributed by atoms with Crippen LogP contribution >= 0.6 is 0 Å². The van der Waals surface area contributed by atoms with E-state index in [1.165, 1.54) is 0 Å². The van der Waals surface area contributed by atoms with E-state index in [1.807, 2.05) is 25.2 Å². The fourth-order valence-corrected chi connectivity index (χ4v) is 5.25. The third kappa shape index (κ3) is 3.91. The third-order valence-electron chi connectivity index (χ3n) is 6.96. The van der Waals surface area contributed by atoms with Crippen LogP contribution in [0.1, 0.15) is 51.3 Å². The molecule has 8 nitrogen and oxygen atoms in total. The van der Waals surface area contributed by atoms with Gasteiger partial charge in [-0.15, -0.1) is 0 Å². The Bertz CT molecular complexity index is 1270. The minimum Gasteiger partial charge on any atom is -0.423 e. The number of nitrogens with zero attached hydrogens (tertiary/aromatic N) is 3. The van der Waals surface area contributed by atoms with Crippen molar-refractivity contribution < 1.29 is 14.8 Å². The zero-order chi connectivity index (χ0) is 24.0. The van der Waals surface area contributed by atoms with Gasteiger partial charge in [-0.05, 0) is 47.0 Å². The minimum atomic E-state index is -1.50. The quantitative estimate of drug-likeness (QED) is 0.410. The fraction of sp³-hybridized carbons (Fsp3) is 0.320. The van der Waals surface area contributed by atoms with Gasteiger partial charge in [-0.3, -0.25) is 4.79 Å². The Morgan fingerprint density at radius 1 is 1.21 bits per heavy atom. The van der Waals surface area contributed by atoms with Crippen molar-refractivity contribution in [3.8, 4) is 0 Å². The number of carbonyl (C=O) groups is 1. The van der Waals surface area contributed by atoms with Crippen LogP contribution in [-0.4, -0.2) is 46.6 Å². The second kappa shape index (κ2) is 8.74. The number of carbonyl (C=O) groups excluding carboxylic acids is 1. The highest BCUT2D eigenvalue weighted by atomic mass is 16.4. The molecule has 0 fully saturated rings. The number of hydrogen-bond donors (Lipinski definition) is 4. The maximum Gasteiger partial charge on any atom is 0.488 e. The van der Waals surface area contributed by atoms with Crippen molar-refractivity contribution in [1.82, 2.24) is 9.97 Å². The van der Waals surface area contributed by atoms with Crippen LogP contribution < -0.4 is 21.4 Å². The molecular weight excluding hydrogens is 429 g/mol. The first-order valence-corrected chi connectivity index (χ1v) is 11.6. The highest BCUT2D eigenvalue weighted by Gasteiger charge is 2.36. The summed E-state index contributed by atoms with van der Waals surface area (Å²) in [6.07, 6.45) is 1.61. The van der Waals surface area contributed by atoms with Crippen LogP contribution in [-0.2, 0) is 19.4 Å². The summed E-state index contributed by atoms with van der Waals surface area (Å²) < 4.78 is 0. The average Bonchev–Trinajstić information content (AvgIpc) is 3.36. The summed E-state index contributed by atoms with van der Waals surface area (Å²) in [5, 5.41) is 22.4. The smallest absolute Gasteiger partial charge is 0.423 e. The second-order valence-corrected chi connectivity index (χ2v) is 9.27. The van der Waals surface area contributed by atoms with Crippen LogP contribution in [0, 0.1) is 5.92 Å². The lowest BCUT2D eigenvalue weighted by atomic mass is 9.79. The topological polar surface area (TPSA) is 125 Å². The minimum absolute atomic E-state index is 0.0259. The number of nitrogens with one attached hydrogen (secondary N) is 1. The Labute approximate surface area is 199 Å². The zero-order valence-electron chi connectivity index (χ0n) is 19.3. The number of aromatic nitrogens is 2. The molecule has 3 aromatic rings. The summed E-state index contributed by atoms with van der Waals surface area (Å²) in [6.45, 7) is 3.53. The molecule has 0 bridgehead atoms. The van der Waals surface area contributed by atoms with Gasteiger partial charge in [0.25, 0.3) is 0 Å². The van der Waals surface area contributed by atoms with Crippen molar-refractivity contribution >= 4 is 30.1 Å². The molecule has 1 aliphatic heterocycles. The molecule has 0 radical (unpaired) electrons. The summed E-state index contributed by atoms with van der Waals surface area (Å²) in [6, 6.07) is 12.9. The van der Waals surface area contributed by atoms with Crippen LogP contribution in [0.5, 0.6) is 0 Å². The van der Waals surface area contributed by atoms with Crippen molar-refractivity contribution in [2.75, 3.05) is 23.8 Å². The number of hydrogen-bond acceptors (Lipinski definition) is 7. The molecule has 174 valence electrons. The predicted octanol–water partition coefficient (Wildman–Crippen LogP) is 1.18. The lowest BCUT2D eigenvalue weighted by molar-refractivity contribution is 0.0999. The summed E-state index contributed by atoms with van der Waals surface area (Å²) in [5.74, 6) is 2.27. The highest BCUT2D eigenvalue weighted by Crippen LogP contribution is 2.44. The van der Waals surface area contributed by atoms with Gasteiger partial charge < -0.3 is 26.0 Å². The maximum absolute atomic E-state index is 12.0. The SMILES string of the molecule is CC1Cc2c(C(N)=O)cccc2C1c1nc(NCc2cccc(B(O)O)c2)c2c(n1)N(C)CC2. The van der Waals surface area contributed by atoms with Crippen molar-refractivity contribution in [2.24, 2.45) is 11.7 Å². The molecule has 0 saturated carbocycles. The average molecular weight is 457 g/mol. The molecule has 34 heavy (non-hydrogen) atoms. The van der Waals surface area contributed by atoms with E-state index in [2.05, 4.69) is 23.2 Å². The van der Waals surface area contributed by atoms with Crippen LogP contribution in [0.15, 0.2) is 42.5 Å². The van der Waals surface area contributed by atoms with Crippen molar-refractivity contribution in [3.63, 3.8) is 0 Å². The van der Waals surface area contributed by atoms with Gasteiger partial charge in [0, 0.05) is 37.2 Å². The van der Waals surface area contributed by atoms with Crippen molar-refractivity contribution in [2.45, 2.75) is 32.2 Å². The zero-order valence-corrected chi connectivity index (χ0v) is 19.3. The van der Waals surface area contributed by atoms with E-state index >= 15 is 0 Å². The molecule has 1 amide bonds. The first-order chi connectivity index (χ1) is 16.3. The third-order valence-corrected chi connectivity index (χ3v) is 6.96. The largest absolute Gasteiger partial charge is 0.488 e. The molecule has 1 aliphatic carbocycles. The van der Waals surface area contributed by atoms with E-state index in [9.17, 15) is 14.8 Å². The fourth-order valence-electron chi connectivity index (χ4n) is 5.25. The van der Waals surface area contributed by atoms with Gasteiger partial charge in [0.1, 0.15) is 17.5 Å². The number of nitrogens with two attached hydrogens (primary N) is 1. The number of fused-ring (bicyclic) bond motifs is 2. The lowest BCUT2D eigenvalue weighted by Crippen LogP contribution is -2.30. The van der Waals surface area contributed by atoms with E-state index in [0.29, 0.717) is 17.6 Å². The van der Waals surface area contributed by atoms with Gasteiger partial charge in [-0.1, -0.05) is 43.3 Å². The Morgan fingerprint density at radius 2 is 2.00 bits per heavy atom. The molecule has 2 aliphatic rings. The molecule has 2 unspecified atom stereocenters. The summed E-state index contributed by atoms with van der Waals surface area (Å²) >= 11 is 0. The van der Waals surface area contributed by atoms with Crippen molar-refractivity contribution in [3.05, 3.63) is 76.1 Å². The number of primary amides is 1. The number of benzene rings is 2. The number of rotatable bonds is 6. The standard InChI is InChI=1S/C25H28BN5O3/c1-14-11-20-17(7-4-8-18(20)22(27)32)21(14)24-29-23(19-9-10-31(2)25(19)30-24)28-13-15-5-3-6-16(12-15)26(33)34/h3-8,12,14,21,33-34H,9-11,13H2,1-2H3,(H2,27,32)(H,28,29,30). The van der Waals surface area contributed by atoms with E-state index in [4.69, 9.17) is 15.7 Å². The maximum atomic E-state index is 12.0. The molecule has 0 spiro atoms. The molecular formula is C25H28BN5O3. The van der Waals surface area contributed by atoms with Crippen LogP contribution in [0.4, 0.5) is 11.6 Å². The summed E-state index contributed by atoms with van der Waals surface area (Å²) in [5.41, 5.74) is 10.7. The number of likely N-dealkylation sites (N-methyl/N-ethyl adjacent to an activating group) is 1. The Morgan fingerprint density at radius 3 is 2.76 bits per heavy atom. The summed E-state index contributed by atoms with van der Waals surface area (Å²) in [4.78, 5) is 24.1. The second-order valence-electron chi connectivity index (χ2n) is 9.27. The number of anilines is 2. The van der Waals surface area contributed by atoms with Crippen LogP contribution in [0.2, 0.25) is 0 Å². The molecule has 2 atom stereocenters. The molecule has 0 saturated heterocycles. The highest BCUT2D eigenvalue weighted by molar-refractivity contribution is 6.58. The number of amides is 1. The monoisotopic (exact) mass is 457 g/mol.